The van der Waals surface area contributed by atoms with Gasteiger partial charge in [-0.3, -0.25) is 19.7 Å². The Labute approximate surface area is 210 Å². The summed E-state index contributed by atoms with van der Waals surface area (Å²) in [5, 5.41) is 11.4. The maximum absolute atomic E-state index is 14.7. The summed E-state index contributed by atoms with van der Waals surface area (Å²) in [4.78, 5) is 28.8. The molecule has 3 heterocycles. The van der Waals surface area contributed by atoms with Crippen LogP contribution in [0.4, 0.5) is 4.39 Å². The SMILES string of the molecule is O=C(NCc1[nH]nc2ccc(Cl)cc12)c1cncc(Cc2ccc(Cn3ccccc3=O)c(F)c2)c1. The van der Waals surface area contributed by atoms with Crippen LogP contribution >= 0.6 is 11.6 Å². The number of hydrogen-bond acceptors (Lipinski definition) is 4. The third-order valence-corrected chi connectivity index (χ3v) is 6.08. The number of nitrogens with zero attached hydrogens (tertiary/aromatic N) is 3. The molecule has 1 amide bonds. The molecule has 0 aliphatic heterocycles. The number of benzene rings is 2. The van der Waals surface area contributed by atoms with Gasteiger partial charge in [0.25, 0.3) is 11.5 Å². The van der Waals surface area contributed by atoms with Crippen LogP contribution in [0, 0.1) is 5.82 Å². The Morgan fingerprint density at radius 1 is 1.06 bits per heavy atom. The summed E-state index contributed by atoms with van der Waals surface area (Å²) in [5.41, 5.74) is 3.65. The molecular weight excluding hydrogens is 481 g/mol. The molecule has 0 aliphatic rings. The highest BCUT2D eigenvalue weighted by Crippen LogP contribution is 2.21. The zero-order valence-corrected chi connectivity index (χ0v) is 19.8. The van der Waals surface area contributed by atoms with E-state index in [-0.39, 0.29) is 24.6 Å². The van der Waals surface area contributed by atoms with Gasteiger partial charge in [0.05, 0.1) is 29.9 Å². The van der Waals surface area contributed by atoms with Crippen LogP contribution in [0.25, 0.3) is 10.9 Å². The van der Waals surface area contributed by atoms with Gasteiger partial charge in [-0.15, -0.1) is 0 Å². The Morgan fingerprint density at radius 3 is 2.78 bits per heavy atom. The van der Waals surface area contributed by atoms with Gasteiger partial charge in [0.1, 0.15) is 5.82 Å². The largest absolute Gasteiger partial charge is 0.346 e. The third-order valence-electron chi connectivity index (χ3n) is 5.84. The lowest BCUT2D eigenvalue weighted by molar-refractivity contribution is 0.0950. The summed E-state index contributed by atoms with van der Waals surface area (Å²) in [5.74, 6) is -0.680. The van der Waals surface area contributed by atoms with Crippen molar-refractivity contribution in [1.29, 1.82) is 0 Å². The number of carbonyl (C=O) groups excluding carboxylic acids is 1. The Balaban J connectivity index is 1.26. The molecule has 0 radical (unpaired) electrons. The fraction of sp³-hybridized carbons (Fsp3) is 0.111. The quantitative estimate of drug-likeness (QED) is 0.344. The molecule has 5 aromatic rings. The number of halogens is 2. The van der Waals surface area contributed by atoms with Gasteiger partial charge in [-0.25, -0.2) is 4.39 Å². The van der Waals surface area contributed by atoms with E-state index in [9.17, 15) is 14.0 Å². The van der Waals surface area contributed by atoms with E-state index in [2.05, 4.69) is 20.5 Å². The highest BCUT2D eigenvalue weighted by Gasteiger charge is 2.12. The van der Waals surface area contributed by atoms with Gasteiger partial charge in [0.2, 0.25) is 0 Å². The number of amides is 1. The molecule has 2 N–H and O–H groups in total. The summed E-state index contributed by atoms with van der Waals surface area (Å²) >= 11 is 6.08. The average molecular weight is 502 g/mol. The molecular formula is C27H21ClFN5O2. The monoisotopic (exact) mass is 501 g/mol. The second-order valence-electron chi connectivity index (χ2n) is 8.40. The Kier molecular flexibility index (Phi) is 6.60. The number of carbonyl (C=O) groups is 1. The molecule has 36 heavy (non-hydrogen) atoms. The lowest BCUT2D eigenvalue weighted by Gasteiger charge is -2.09. The number of hydrogen-bond donors (Lipinski definition) is 2. The van der Waals surface area contributed by atoms with Crippen LogP contribution in [0.5, 0.6) is 0 Å². The lowest BCUT2D eigenvalue weighted by atomic mass is 10.0. The first-order valence-electron chi connectivity index (χ1n) is 11.2. The topological polar surface area (TPSA) is 92.7 Å². The standard InChI is InChI=1S/C27H21ClFN5O2/c28-21-6-7-24-22(12-21)25(33-32-24)15-31-27(36)20-10-18(13-30-14-20)9-17-4-5-19(23(29)11-17)16-34-8-2-1-3-26(34)35/h1-8,10-14H,9,15-16H2,(H,31,36)(H,32,33). The molecule has 0 bridgehead atoms. The summed E-state index contributed by atoms with van der Waals surface area (Å²) in [6, 6.07) is 16.9. The number of fused-ring (bicyclic) bond motifs is 1. The number of pyridine rings is 2. The van der Waals surface area contributed by atoms with E-state index in [0.29, 0.717) is 22.6 Å². The molecule has 5 rings (SSSR count). The zero-order valence-electron chi connectivity index (χ0n) is 19.0. The van der Waals surface area contributed by atoms with Gasteiger partial charge in [-0.1, -0.05) is 29.8 Å². The maximum atomic E-state index is 14.7. The van der Waals surface area contributed by atoms with Crippen molar-refractivity contribution >= 4 is 28.4 Å². The minimum absolute atomic E-state index is 0.154. The molecule has 3 aromatic heterocycles. The Hall–Kier alpha value is -4.30. The molecule has 7 nitrogen and oxygen atoms in total. The number of aromatic amines is 1. The Morgan fingerprint density at radius 2 is 1.94 bits per heavy atom. The van der Waals surface area contributed by atoms with E-state index in [1.807, 2.05) is 12.1 Å². The first-order valence-corrected chi connectivity index (χ1v) is 11.6. The molecule has 0 atom stereocenters. The van der Waals surface area contributed by atoms with Crippen molar-refractivity contribution in [3.05, 3.63) is 128 Å². The van der Waals surface area contributed by atoms with E-state index in [0.717, 1.165) is 27.7 Å². The van der Waals surface area contributed by atoms with E-state index in [4.69, 9.17) is 11.6 Å². The smallest absolute Gasteiger partial charge is 0.253 e. The molecule has 180 valence electrons. The fourth-order valence-corrected chi connectivity index (χ4v) is 4.16. The third kappa shape index (κ3) is 5.18. The number of nitrogens with one attached hydrogen (secondary N) is 2. The molecule has 2 aromatic carbocycles. The number of H-pyrrole nitrogens is 1. The lowest BCUT2D eigenvalue weighted by Crippen LogP contribution is -2.23. The fourth-order valence-electron chi connectivity index (χ4n) is 3.99. The van der Waals surface area contributed by atoms with Gasteiger partial charge in [-0.05, 0) is 53.9 Å². The summed E-state index contributed by atoms with van der Waals surface area (Å²) in [6.07, 6.45) is 5.17. The maximum Gasteiger partial charge on any atom is 0.253 e. The summed E-state index contributed by atoms with van der Waals surface area (Å²) in [6.45, 7) is 0.401. The molecule has 0 unspecified atom stereocenters. The average Bonchev–Trinajstić information content (AvgIpc) is 3.27. The second-order valence-corrected chi connectivity index (χ2v) is 8.83. The van der Waals surface area contributed by atoms with Crippen molar-refractivity contribution in [3.8, 4) is 0 Å². The predicted octanol–water partition coefficient (Wildman–Crippen LogP) is 4.48. The Bertz CT molecular complexity index is 1630. The first-order chi connectivity index (χ1) is 17.5. The normalized spacial score (nSPS) is 11.1. The minimum Gasteiger partial charge on any atom is -0.346 e. The van der Waals surface area contributed by atoms with Crippen molar-refractivity contribution in [3.63, 3.8) is 0 Å². The van der Waals surface area contributed by atoms with Crippen LogP contribution in [0.3, 0.4) is 0 Å². The second kappa shape index (κ2) is 10.1. The molecule has 9 heteroatoms. The highest BCUT2D eigenvalue weighted by atomic mass is 35.5. The molecule has 0 saturated carbocycles. The predicted molar refractivity (Wildman–Crippen MR) is 136 cm³/mol. The van der Waals surface area contributed by atoms with Crippen LogP contribution in [0.2, 0.25) is 5.02 Å². The van der Waals surface area contributed by atoms with E-state index < -0.39 is 5.82 Å². The van der Waals surface area contributed by atoms with Crippen LogP contribution in [-0.2, 0) is 19.5 Å². The van der Waals surface area contributed by atoms with Gasteiger partial charge in [-0.2, -0.15) is 5.10 Å². The summed E-state index contributed by atoms with van der Waals surface area (Å²) in [7, 11) is 0. The highest BCUT2D eigenvalue weighted by molar-refractivity contribution is 6.31. The molecule has 0 spiro atoms. The van der Waals surface area contributed by atoms with Gasteiger partial charge in [0.15, 0.2) is 0 Å². The van der Waals surface area contributed by atoms with Crippen LogP contribution in [0.15, 0.2) is 84.0 Å². The zero-order chi connectivity index (χ0) is 25.1. The van der Waals surface area contributed by atoms with Crippen LogP contribution in [0.1, 0.15) is 32.7 Å². The summed E-state index contributed by atoms with van der Waals surface area (Å²) < 4.78 is 16.2. The number of aromatic nitrogens is 4. The van der Waals surface area contributed by atoms with Crippen LogP contribution in [-0.4, -0.2) is 25.7 Å². The van der Waals surface area contributed by atoms with Crippen molar-refractivity contribution in [2.24, 2.45) is 0 Å². The van der Waals surface area contributed by atoms with Gasteiger partial charge in [0, 0.05) is 40.6 Å². The van der Waals surface area contributed by atoms with Crippen LogP contribution < -0.4 is 10.9 Å². The van der Waals surface area contributed by atoms with E-state index >= 15 is 0 Å². The minimum atomic E-state index is -0.392. The van der Waals surface area contributed by atoms with E-state index in [1.54, 1.807) is 48.8 Å². The molecule has 0 fully saturated rings. The first kappa shape index (κ1) is 23.4. The molecule has 0 saturated heterocycles. The van der Waals surface area contributed by atoms with Crippen molar-refractivity contribution in [2.45, 2.75) is 19.5 Å². The van der Waals surface area contributed by atoms with Crippen molar-refractivity contribution in [1.82, 2.24) is 25.1 Å². The van der Waals surface area contributed by atoms with Gasteiger partial charge < -0.3 is 9.88 Å². The molecule has 0 aliphatic carbocycles. The van der Waals surface area contributed by atoms with Crippen molar-refractivity contribution < 1.29 is 9.18 Å². The number of rotatable bonds is 7. The van der Waals surface area contributed by atoms with E-state index in [1.165, 1.54) is 22.9 Å². The van der Waals surface area contributed by atoms with Crippen molar-refractivity contribution in [2.75, 3.05) is 0 Å². The van der Waals surface area contributed by atoms with Gasteiger partial charge >= 0.3 is 0 Å².